The first-order valence-electron chi connectivity index (χ1n) is 7.00. The van der Waals surface area contributed by atoms with E-state index in [1.165, 1.54) is 11.0 Å². The molecule has 1 heterocycles. The molecule has 3 atom stereocenters. The first-order valence-corrected chi connectivity index (χ1v) is 7.38. The van der Waals surface area contributed by atoms with Gasteiger partial charge in [-0.15, -0.1) is 0 Å². The Morgan fingerprint density at radius 2 is 2.17 bits per heavy atom. The van der Waals surface area contributed by atoms with E-state index in [1.54, 1.807) is 6.92 Å². The van der Waals surface area contributed by atoms with Crippen LogP contribution in [0.1, 0.15) is 24.1 Å². The third-order valence-electron chi connectivity index (χ3n) is 3.99. The van der Waals surface area contributed by atoms with Crippen molar-refractivity contribution in [2.75, 3.05) is 13.1 Å². The maximum absolute atomic E-state index is 13.6. The van der Waals surface area contributed by atoms with Crippen LogP contribution in [0.25, 0.3) is 0 Å². The molecule has 1 fully saturated rings. The molecule has 2 rings (SSSR count). The average molecular weight is 348 g/mol. The Balaban J connectivity index is 2.31. The topological polar surface area (TPSA) is 110 Å². The Morgan fingerprint density at radius 3 is 2.74 bits per heavy atom. The lowest BCUT2D eigenvalue weighted by molar-refractivity contribution is -0.133. The molecule has 9 heteroatoms. The van der Waals surface area contributed by atoms with Crippen LogP contribution in [-0.4, -0.2) is 56.7 Å². The van der Waals surface area contributed by atoms with Crippen molar-refractivity contribution in [3.63, 3.8) is 0 Å². The molecule has 1 saturated heterocycles. The van der Waals surface area contributed by atoms with Crippen LogP contribution in [0.15, 0.2) is 12.1 Å². The predicted octanol–water partition coefficient (Wildman–Crippen LogP) is -0.270. The van der Waals surface area contributed by atoms with Gasteiger partial charge in [-0.3, -0.25) is 9.69 Å². The molecule has 0 bridgehead atoms. The van der Waals surface area contributed by atoms with E-state index in [0.29, 0.717) is 11.1 Å². The molecule has 128 valence electrons. The summed E-state index contributed by atoms with van der Waals surface area (Å²) in [4.78, 5) is 13.6. The number of carbonyl (C=O) groups is 1. The molecular weight excluding hydrogens is 329 g/mol. The number of nitrogens with two attached hydrogens (primary N) is 1. The molecule has 23 heavy (non-hydrogen) atoms. The number of rotatable bonds is 5. The SMILES string of the molecule is C[C@@H](c1cc(F)cc(Cl)c1CO)N1C[C@H](O)N(CC(N)=O)[C@H]1O. The summed E-state index contributed by atoms with van der Waals surface area (Å²) in [6.45, 7) is 0.987. The highest BCUT2D eigenvalue weighted by atomic mass is 35.5. The van der Waals surface area contributed by atoms with Gasteiger partial charge >= 0.3 is 0 Å². The van der Waals surface area contributed by atoms with E-state index < -0.39 is 37.0 Å². The van der Waals surface area contributed by atoms with Crippen LogP contribution in [-0.2, 0) is 11.4 Å². The van der Waals surface area contributed by atoms with Crippen molar-refractivity contribution < 1.29 is 24.5 Å². The molecule has 0 radical (unpaired) electrons. The van der Waals surface area contributed by atoms with Gasteiger partial charge in [0, 0.05) is 23.2 Å². The number of amides is 1. The number of aliphatic hydroxyl groups excluding tert-OH is 3. The summed E-state index contributed by atoms with van der Waals surface area (Å²) in [5, 5.41) is 29.8. The monoisotopic (exact) mass is 347 g/mol. The minimum Gasteiger partial charge on any atom is -0.392 e. The van der Waals surface area contributed by atoms with Crippen molar-refractivity contribution >= 4 is 17.5 Å². The van der Waals surface area contributed by atoms with E-state index in [0.717, 1.165) is 11.0 Å². The Kier molecular flexibility index (Phi) is 5.56. The first-order chi connectivity index (χ1) is 10.8. The number of hydrogen-bond donors (Lipinski definition) is 4. The summed E-state index contributed by atoms with van der Waals surface area (Å²) in [7, 11) is 0. The number of primary amides is 1. The number of carbonyl (C=O) groups excluding carboxylic acids is 1. The van der Waals surface area contributed by atoms with Gasteiger partial charge in [-0.1, -0.05) is 11.6 Å². The first kappa shape index (κ1) is 18.1. The molecule has 0 saturated carbocycles. The Morgan fingerprint density at radius 1 is 1.52 bits per heavy atom. The Hall–Kier alpha value is -1.29. The van der Waals surface area contributed by atoms with Crippen LogP contribution in [0.3, 0.4) is 0 Å². The Bertz CT molecular complexity index is 604. The lowest BCUT2D eigenvalue weighted by atomic mass is 10.0. The van der Waals surface area contributed by atoms with Gasteiger partial charge in [0.05, 0.1) is 13.2 Å². The predicted molar refractivity (Wildman–Crippen MR) is 80.4 cm³/mol. The number of hydrogen-bond acceptors (Lipinski definition) is 6. The van der Waals surface area contributed by atoms with Gasteiger partial charge in [0.25, 0.3) is 0 Å². The van der Waals surface area contributed by atoms with Crippen molar-refractivity contribution in [3.05, 3.63) is 34.1 Å². The summed E-state index contributed by atoms with van der Waals surface area (Å²) in [5.41, 5.74) is 5.83. The van der Waals surface area contributed by atoms with E-state index >= 15 is 0 Å². The van der Waals surface area contributed by atoms with Gasteiger partial charge in [0.2, 0.25) is 5.91 Å². The third kappa shape index (κ3) is 3.63. The lowest BCUT2D eigenvalue weighted by Gasteiger charge is -2.30. The van der Waals surface area contributed by atoms with E-state index in [4.69, 9.17) is 17.3 Å². The number of nitrogens with zero attached hydrogens (tertiary/aromatic N) is 2. The van der Waals surface area contributed by atoms with Crippen molar-refractivity contribution in [1.82, 2.24) is 9.80 Å². The molecule has 1 aromatic rings. The summed E-state index contributed by atoms with van der Waals surface area (Å²) in [5.74, 6) is -1.26. The normalized spacial score (nSPS) is 24.1. The van der Waals surface area contributed by atoms with Crippen molar-refractivity contribution in [2.24, 2.45) is 5.73 Å². The summed E-state index contributed by atoms with van der Waals surface area (Å²) in [6, 6.07) is 1.75. The van der Waals surface area contributed by atoms with Gasteiger partial charge < -0.3 is 21.1 Å². The number of aliphatic hydroxyl groups is 3. The van der Waals surface area contributed by atoms with Crippen LogP contribution in [0, 0.1) is 5.82 Å². The molecule has 7 nitrogen and oxygen atoms in total. The highest BCUT2D eigenvalue weighted by Crippen LogP contribution is 2.33. The molecule has 1 aromatic carbocycles. The average Bonchev–Trinajstić information content (AvgIpc) is 2.73. The van der Waals surface area contributed by atoms with E-state index in [2.05, 4.69) is 0 Å². The zero-order valence-electron chi connectivity index (χ0n) is 12.5. The van der Waals surface area contributed by atoms with Gasteiger partial charge in [-0.2, -0.15) is 0 Å². The second-order valence-corrected chi connectivity index (χ2v) is 5.86. The van der Waals surface area contributed by atoms with Crippen LogP contribution >= 0.6 is 11.6 Å². The van der Waals surface area contributed by atoms with Gasteiger partial charge in [-0.25, -0.2) is 9.29 Å². The second-order valence-electron chi connectivity index (χ2n) is 5.45. The van der Waals surface area contributed by atoms with Gasteiger partial charge in [0.1, 0.15) is 12.0 Å². The lowest BCUT2D eigenvalue weighted by Crippen LogP contribution is -2.45. The van der Waals surface area contributed by atoms with Crippen LogP contribution in [0.4, 0.5) is 4.39 Å². The molecule has 0 unspecified atom stereocenters. The molecule has 1 aliphatic heterocycles. The molecule has 0 aromatic heterocycles. The highest BCUT2D eigenvalue weighted by Gasteiger charge is 2.41. The standard InChI is InChI=1S/C14H19ClFN3O4/c1-7(9-2-8(16)3-11(15)10(9)6-20)18-5-13(22)19(14(18)23)4-12(17)21/h2-3,7,13-14,20,22-23H,4-6H2,1H3,(H2,17,21)/t7-,13-,14-/m0/s1. The molecule has 0 spiro atoms. The molecular formula is C14H19ClFN3O4. The summed E-state index contributed by atoms with van der Waals surface area (Å²) >= 11 is 5.95. The van der Waals surface area contributed by atoms with Crippen LogP contribution < -0.4 is 5.73 Å². The molecule has 1 amide bonds. The van der Waals surface area contributed by atoms with Crippen molar-refractivity contribution in [1.29, 1.82) is 0 Å². The van der Waals surface area contributed by atoms with Crippen molar-refractivity contribution in [3.8, 4) is 0 Å². The maximum Gasteiger partial charge on any atom is 0.231 e. The quantitative estimate of drug-likeness (QED) is 0.583. The third-order valence-corrected chi connectivity index (χ3v) is 4.33. The highest BCUT2D eigenvalue weighted by molar-refractivity contribution is 6.31. The fraction of sp³-hybridized carbons (Fsp3) is 0.500. The number of β-amino-alcohol motifs (C(OH)–C–C–N with tert-alkyl or cyclic N) is 1. The number of halogens is 2. The van der Waals surface area contributed by atoms with Gasteiger partial charge in [-0.05, 0) is 24.6 Å². The zero-order valence-corrected chi connectivity index (χ0v) is 13.2. The van der Waals surface area contributed by atoms with Gasteiger partial charge in [0.15, 0.2) is 6.35 Å². The van der Waals surface area contributed by atoms with Crippen LogP contribution in [0.2, 0.25) is 5.02 Å². The van der Waals surface area contributed by atoms with E-state index in [1.807, 2.05) is 0 Å². The minimum absolute atomic E-state index is 0.0224. The van der Waals surface area contributed by atoms with Crippen LogP contribution in [0.5, 0.6) is 0 Å². The molecule has 1 aliphatic rings. The fourth-order valence-corrected chi connectivity index (χ4v) is 3.07. The maximum atomic E-state index is 13.6. The van der Waals surface area contributed by atoms with E-state index in [-0.39, 0.29) is 18.1 Å². The van der Waals surface area contributed by atoms with Crippen molar-refractivity contribution in [2.45, 2.75) is 32.2 Å². The zero-order chi connectivity index (χ0) is 17.3. The fourth-order valence-electron chi connectivity index (χ4n) is 2.80. The smallest absolute Gasteiger partial charge is 0.231 e. The largest absolute Gasteiger partial charge is 0.392 e. The second kappa shape index (κ2) is 7.08. The summed E-state index contributed by atoms with van der Waals surface area (Å²) < 4.78 is 13.6. The Labute approximate surface area is 137 Å². The molecule has 0 aliphatic carbocycles. The minimum atomic E-state index is -1.28. The molecule has 5 N–H and O–H groups in total. The summed E-state index contributed by atoms with van der Waals surface area (Å²) in [6.07, 6.45) is -2.37. The number of benzene rings is 1. The van der Waals surface area contributed by atoms with E-state index in [9.17, 15) is 24.5 Å².